The van der Waals surface area contributed by atoms with E-state index in [0.29, 0.717) is 28.7 Å². The fourth-order valence-electron chi connectivity index (χ4n) is 3.66. The molecular weight excluding hydrogens is 552 g/mol. The van der Waals surface area contributed by atoms with Crippen LogP contribution in [0.15, 0.2) is 54.6 Å². The van der Waals surface area contributed by atoms with Crippen molar-refractivity contribution in [3.8, 4) is 34.5 Å². The molecule has 12 heteroatoms. The monoisotopic (exact) mass is 584 g/mol. The van der Waals surface area contributed by atoms with Gasteiger partial charge in [-0.3, -0.25) is 0 Å². The number of carbonyl (C=O) groups is 3. The highest BCUT2D eigenvalue weighted by atomic mass is 16.6. The van der Waals surface area contributed by atoms with Crippen molar-refractivity contribution in [2.75, 3.05) is 55.9 Å². The normalized spacial score (nSPS) is 10.4. The van der Waals surface area contributed by atoms with Crippen molar-refractivity contribution in [3.05, 3.63) is 71.3 Å². The van der Waals surface area contributed by atoms with Crippen LogP contribution in [0.3, 0.4) is 0 Å². The Kier molecular flexibility index (Phi) is 11.2. The highest BCUT2D eigenvalue weighted by molar-refractivity contribution is 5.93. The van der Waals surface area contributed by atoms with Crippen LogP contribution in [0.4, 0.5) is 0 Å². The molecule has 3 rings (SSSR count). The second-order valence-corrected chi connectivity index (χ2v) is 8.49. The average molecular weight is 585 g/mol. The van der Waals surface area contributed by atoms with Gasteiger partial charge in [0.15, 0.2) is 6.10 Å². The molecule has 12 nitrogen and oxygen atoms in total. The summed E-state index contributed by atoms with van der Waals surface area (Å²) in [5.74, 6) is -0.235. The van der Waals surface area contributed by atoms with E-state index in [1.807, 2.05) is 0 Å². The van der Waals surface area contributed by atoms with Gasteiger partial charge < -0.3 is 42.6 Å². The van der Waals surface area contributed by atoms with E-state index in [-0.39, 0.29) is 22.4 Å². The largest absolute Gasteiger partial charge is 0.497 e. The van der Waals surface area contributed by atoms with Gasteiger partial charge in [-0.05, 0) is 42.5 Å². The number of rotatable bonds is 14. The van der Waals surface area contributed by atoms with Gasteiger partial charge in [0.1, 0.15) is 53.3 Å². The summed E-state index contributed by atoms with van der Waals surface area (Å²) in [7, 11) is 8.61. The van der Waals surface area contributed by atoms with E-state index < -0.39 is 37.2 Å². The molecule has 0 aliphatic carbocycles. The molecule has 0 aliphatic heterocycles. The summed E-state index contributed by atoms with van der Waals surface area (Å²) in [6.07, 6.45) is -1.21. The smallest absolute Gasteiger partial charge is 0.342 e. The first-order chi connectivity index (χ1) is 20.2. The van der Waals surface area contributed by atoms with E-state index in [9.17, 15) is 14.4 Å². The molecule has 0 saturated heterocycles. The molecular formula is C30H32O12. The van der Waals surface area contributed by atoms with Gasteiger partial charge in [0, 0.05) is 12.1 Å². The molecule has 0 saturated carbocycles. The Hall–Kier alpha value is -5.13. The Morgan fingerprint density at radius 2 is 0.952 bits per heavy atom. The van der Waals surface area contributed by atoms with Gasteiger partial charge in [0.2, 0.25) is 0 Å². The zero-order valence-corrected chi connectivity index (χ0v) is 24.1. The summed E-state index contributed by atoms with van der Waals surface area (Å²) < 4.78 is 47.7. The van der Waals surface area contributed by atoms with Crippen LogP contribution < -0.4 is 28.4 Å². The van der Waals surface area contributed by atoms with E-state index in [4.69, 9.17) is 42.6 Å². The van der Waals surface area contributed by atoms with E-state index in [1.54, 1.807) is 18.2 Å². The number of carbonyl (C=O) groups excluding carboxylic acids is 3. The Morgan fingerprint density at radius 3 is 1.33 bits per heavy atom. The minimum Gasteiger partial charge on any atom is -0.497 e. The van der Waals surface area contributed by atoms with Crippen molar-refractivity contribution < 1.29 is 57.0 Å². The van der Waals surface area contributed by atoms with Gasteiger partial charge in [-0.25, -0.2) is 14.4 Å². The van der Waals surface area contributed by atoms with Crippen LogP contribution in [0.2, 0.25) is 0 Å². The maximum absolute atomic E-state index is 13.2. The molecule has 0 radical (unpaired) electrons. The van der Waals surface area contributed by atoms with Gasteiger partial charge >= 0.3 is 17.9 Å². The number of hydrogen-bond acceptors (Lipinski definition) is 12. The second-order valence-electron chi connectivity index (χ2n) is 8.49. The molecule has 0 unspecified atom stereocenters. The van der Waals surface area contributed by atoms with Crippen molar-refractivity contribution in [1.82, 2.24) is 0 Å². The van der Waals surface area contributed by atoms with Crippen LogP contribution in [0.1, 0.15) is 31.1 Å². The van der Waals surface area contributed by atoms with Crippen molar-refractivity contribution in [2.24, 2.45) is 0 Å². The zero-order valence-electron chi connectivity index (χ0n) is 24.1. The van der Waals surface area contributed by atoms with Crippen LogP contribution in [-0.2, 0) is 14.2 Å². The molecule has 0 heterocycles. The number of methoxy groups -OCH3 is 6. The first kappa shape index (κ1) is 31.4. The van der Waals surface area contributed by atoms with Crippen LogP contribution in [0, 0.1) is 0 Å². The lowest BCUT2D eigenvalue weighted by molar-refractivity contribution is -0.0255. The Bertz CT molecular complexity index is 1290. The SMILES string of the molecule is COc1cc(OC)cc(C(=O)OCC(COC(=O)c2cc(OC)cc(OC)c2)OC(=O)c2cc(OC)ccc2OC)c1. The van der Waals surface area contributed by atoms with E-state index in [0.717, 1.165) is 0 Å². The van der Waals surface area contributed by atoms with E-state index in [1.165, 1.54) is 79.1 Å². The first-order valence-corrected chi connectivity index (χ1v) is 12.5. The number of ether oxygens (including phenoxy) is 9. The van der Waals surface area contributed by atoms with Crippen LogP contribution in [0.5, 0.6) is 34.5 Å². The zero-order chi connectivity index (χ0) is 30.6. The number of benzene rings is 3. The lowest BCUT2D eigenvalue weighted by Crippen LogP contribution is -2.31. The Morgan fingerprint density at radius 1 is 0.524 bits per heavy atom. The second kappa shape index (κ2) is 15.0. The van der Waals surface area contributed by atoms with Crippen molar-refractivity contribution in [1.29, 1.82) is 0 Å². The summed E-state index contributed by atoms with van der Waals surface area (Å²) in [5.41, 5.74) is 0.312. The van der Waals surface area contributed by atoms with Gasteiger partial charge in [0.25, 0.3) is 0 Å². The molecule has 3 aromatic carbocycles. The van der Waals surface area contributed by atoms with Crippen LogP contribution >= 0.6 is 0 Å². The molecule has 0 spiro atoms. The van der Waals surface area contributed by atoms with Gasteiger partial charge in [-0.2, -0.15) is 0 Å². The number of hydrogen-bond donors (Lipinski definition) is 0. The fraction of sp³-hybridized carbons (Fsp3) is 0.300. The summed E-state index contributed by atoms with van der Waals surface area (Å²) in [5, 5.41) is 0. The minimum absolute atomic E-state index is 0.0505. The van der Waals surface area contributed by atoms with E-state index >= 15 is 0 Å². The molecule has 0 bridgehead atoms. The van der Waals surface area contributed by atoms with E-state index in [2.05, 4.69) is 0 Å². The average Bonchev–Trinajstić information content (AvgIpc) is 3.04. The van der Waals surface area contributed by atoms with Gasteiger partial charge in [-0.1, -0.05) is 0 Å². The molecule has 3 aromatic rings. The number of esters is 3. The summed E-state index contributed by atoms with van der Waals surface area (Å²) >= 11 is 0. The minimum atomic E-state index is -1.21. The maximum atomic E-state index is 13.2. The van der Waals surface area contributed by atoms with Crippen molar-refractivity contribution in [3.63, 3.8) is 0 Å². The lowest BCUT2D eigenvalue weighted by Gasteiger charge is -2.19. The lowest BCUT2D eigenvalue weighted by atomic mass is 10.2. The predicted molar refractivity (Wildman–Crippen MR) is 148 cm³/mol. The third-order valence-corrected chi connectivity index (χ3v) is 5.88. The van der Waals surface area contributed by atoms with Crippen molar-refractivity contribution in [2.45, 2.75) is 6.10 Å². The first-order valence-electron chi connectivity index (χ1n) is 12.5. The Labute approximate surface area is 242 Å². The highest BCUT2D eigenvalue weighted by Crippen LogP contribution is 2.27. The fourth-order valence-corrected chi connectivity index (χ4v) is 3.66. The quantitative estimate of drug-likeness (QED) is 0.200. The summed E-state index contributed by atoms with van der Waals surface area (Å²) in [6.45, 7) is -0.907. The summed E-state index contributed by atoms with van der Waals surface area (Å²) in [6, 6.07) is 13.6. The molecule has 0 N–H and O–H groups in total. The molecule has 0 fully saturated rings. The van der Waals surface area contributed by atoms with Crippen molar-refractivity contribution >= 4 is 17.9 Å². The molecule has 0 atom stereocenters. The van der Waals surface area contributed by atoms with Crippen LogP contribution in [-0.4, -0.2) is 79.9 Å². The predicted octanol–water partition coefficient (Wildman–Crippen LogP) is 3.98. The highest BCUT2D eigenvalue weighted by Gasteiger charge is 2.24. The Balaban J connectivity index is 1.82. The van der Waals surface area contributed by atoms with Gasteiger partial charge in [-0.15, -0.1) is 0 Å². The van der Waals surface area contributed by atoms with Gasteiger partial charge in [0.05, 0.1) is 53.8 Å². The molecule has 0 aliphatic rings. The molecule has 0 aromatic heterocycles. The third-order valence-electron chi connectivity index (χ3n) is 5.88. The standard InChI is InChI=1S/C30H32O12/c1-34-20-7-8-27(39-6)26(15-20)30(33)42-25(16-40-28(31)18-9-21(35-2)13-22(10-18)36-3)17-41-29(32)19-11-23(37-4)14-24(12-19)38-5/h7-15,25H,16-17H2,1-6H3. The molecule has 42 heavy (non-hydrogen) atoms. The topological polar surface area (TPSA) is 134 Å². The maximum Gasteiger partial charge on any atom is 0.342 e. The van der Waals surface area contributed by atoms with Crippen LogP contribution in [0.25, 0.3) is 0 Å². The molecule has 224 valence electrons. The molecule has 0 amide bonds. The third kappa shape index (κ3) is 8.19. The summed E-state index contributed by atoms with van der Waals surface area (Å²) in [4.78, 5) is 38.9.